The van der Waals surface area contributed by atoms with Gasteiger partial charge in [0.15, 0.2) is 0 Å². The second-order valence-corrected chi connectivity index (χ2v) is 10.0. The number of ether oxygens (including phenoxy) is 2. The molecule has 0 aromatic heterocycles. The topological polar surface area (TPSA) is 50.8 Å². The number of amides is 1. The SMILES string of the molecule is Cc1c(C)c(-c2ccc3c(c2)C2(OCCO2)C(=O)N3C)c(C)c(C)c1-c1ccc(NC(C)C)cc1. The van der Waals surface area contributed by atoms with Gasteiger partial charge >= 0.3 is 0 Å². The van der Waals surface area contributed by atoms with Crippen LogP contribution in [0, 0.1) is 27.7 Å². The van der Waals surface area contributed by atoms with Crippen LogP contribution in [0.4, 0.5) is 11.4 Å². The summed E-state index contributed by atoms with van der Waals surface area (Å²) in [5.74, 6) is -1.47. The maximum absolute atomic E-state index is 13.0. The zero-order valence-corrected chi connectivity index (χ0v) is 21.7. The third-order valence-electron chi connectivity index (χ3n) is 7.54. The summed E-state index contributed by atoms with van der Waals surface area (Å²) >= 11 is 0. The van der Waals surface area contributed by atoms with Crippen LogP contribution in [0.1, 0.15) is 41.7 Å². The molecule has 5 nitrogen and oxygen atoms in total. The van der Waals surface area contributed by atoms with E-state index in [-0.39, 0.29) is 5.91 Å². The highest BCUT2D eigenvalue weighted by Gasteiger charge is 2.55. The van der Waals surface area contributed by atoms with Gasteiger partial charge in [-0.25, -0.2) is 0 Å². The number of benzene rings is 3. The number of fused-ring (bicyclic) bond motifs is 2. The molecule has 2 aliphatic rings. The van der Waals surface area contributed by atoms with Crippen molar-refractivity contribution in [2.75, 3.05) is 30.5 Å². The van der Waals surface area contributed by atoms with E-state index in [9.17, 15) is 4.79 Å². The normalized spacial score (nSPS) is 16.5. The van der Waals surface area contributed by atoms with E-state index in [0.29, 0.717) is 19.3 Å². The lowest BCUT2D eigenvalue weighted by molar-refractivity contribution is -0.180. The lowest BCUT2D eigenvalue weighted by Gasteiger charge is -2.23. The lowest BCUT2D eigenvalue weighted by Crippen LogP contribution is -2.39. The fourth-order valence-electron chi connectivity index (χ4n) is 5.63. The van der Waals surface area contributed by atoms with Gasteiger partial charge in [-0.3, -0.25) is 4.79 Å². The van der Waals surface area contributed by atoms with E-state index >= 15 is 0 Å². The molecule has 1 spiro atoms. The minimum Gasteiger partial charge on any atom is -0.383 e. The van der Waals surface area contributed by atoms with Crippen molar-refractivity contribution in [2.24, 2.45) is 0 Å². The van der Waals surface area contributed by atoms with E-state index in [4.69, 9.17) is 9.47 Å². The quantitative estimate of drug-likeness (QED) is 0.490. The predicted molar refractivity (Wildman–Crippen MR) is 142 cm³/mol. The summed E-state index contributed by atoms with van der Waals surface area (Å²) in [6.07, 6.45) is 0. The van der Waals surface area contributed by atoms with E-state index in [1.807, 2.05) is 6.07 Å². The summed E-state index contributed by atoms with van der Waals surface area (Å²) in [4.78, 5) is 14.7. The molecule has 0 radical (unpaired) electrons. The number of carbonyl (C=O) groups is 1. The van der Waals surface area contributed by atoms with Crippen molar-refractivity contribution in [2.45, 2.75) is 53.4 Å². The Bertz CT molecular complexity index is 1290. The van der Waals surface area contributed by atoms with Crippen molar-refractivity contribution in [3.8, 4) is 22.3 Å². The Kier molecular flexibility index (Phi) is 5.73. The van der Waals surface area contributed by atoms with Crippen molar-refractivity contribution in [1.82, 2.24) is 0 Å². The summed E-state index contributed by atoms with van der Waals surface area (Å²) < 4.78 is 11.8. The molecule has 0 atom stereocenters. The van der Waals surface area contributed by atoms with E-state index in [1.54, 1.807) is 11.9 Å². The fraction of sp³-hybridized carbons (Fsp3) is 0.367. The molecule has 1 saturated heterocycles. The Morgan fingerprint density at radius 3 is 1.89 bits per heavy atom. The van der Waals surface area contributed by atoms with Gasteiger partial charge in [0, 0.05) is 24.3 Å². The Morgan fingerprint density at radius 1 is 0.829 bits per heavy atom. The second kappa shape index (κ2) is 8.51. The molecule has 2 aliphatic heterocycles. The van der Waals surface area contributed by atoms with Crippen molar-refractivity contribution in [1.29, 1.82) is 0 Å². The highest BCUT2D eigenvalue weighted by molar-refractivity contribution is 6.06. The first kappa shape index (κ1) is 23.6. The molecule has 1 amide bonds. The highest BCUT2D eigenvalue weighted by atomic mass is 16.7. The Morgan fingerprint density at radius 2 is 1.34 bits per heavy atom. The molecule has 2 heterocycles. The van der Waals surface area contributed by atoms with Crippen molar-refractivity contribution in [3.05, 3.63) is 70.3 Å². The third kappa shape index (κ3) is 3.57. The van der Waals surface area contributed by atoms with Gasteiger partial charge in [-0.2, -0.15) is 0 Å². The number of rotatable bonds is 4. The van der Waals surface area contributed by atoms with Crippen LogP contribution in [-0.4, -0.2) is 32.2 Å². The van der Waals surface area contributed by atoms with Gasteiger partial charge in [0.25, 0.3) is 11.7 Å². The Labute approximate surface area is 208 Å². The molecule has 0 aliphatic carbocycles. The molecular formula is C30H34N2O3. The average molecular weight is 471 g/mol. The Hall–Kier alpha value is -3.15. The highest BCUT2D eigenvalue weighted by Crippen LogP contribution is 2.48. The van der Waals surface area contributed by atoms with Crippen molar-refractivity contribution < 1.29 is 14.3 Å². The van der Waals surface area contributed by atoms with Gasteiger partial charge in [0.1, 0.15) is 0 Å². The van der Waals surface area contributed by atoms with Crippen LogP contribution >= 0.6 is 0 Å². The Balaban J connectivity index is 1.62. The number of hydrogen-bond donors (Lipinski definition) is 1. The van der Waals surface area contributed by atoms with E-state index in [1.165, 1.54) is 38.9 Å². The van der Waals surface area contributed by atoms with Crippen LogP contribution in [-0.2, 0) is 20.1 Å². The van der Waals surface area contributed by atoms with Crippen LogP contribution < -0.4 is 10.2 Å². The minimum absolute atomic E-state index is 0.159. The summed E-state index contributed by atoms with van der Waals surface area (Å²) in [5.41, 5.74) is 12.6. The molecule has 3 aromatic carbocycles. The van der Waals surface area contributed by atoms with Gasteiger partial charge in [-0.15, -0.1) is 0 Å². The summed E-state index contributed by atoms with van der Waals surface area (Å²) in [6.45, 7) is 13.9. The number of nitrogens with zero attached hydrogens (tertiary/aromatic N) is 1. The first-order chi connectivity index (χ1) is 16.7. The molecule has 35 heavy (non-hydrogen) atoms. The fourth-order valence-corrected chi connectivity index (χ4v) is 5.63. The van der Waals surface area contributed by atoms with E-state index < -0.39 is 5.79 Å². The van der Waals surface area contributed by atoms with Crippen molar-refractivity contribution >= 4 is 17.3 Å². The lowest BCUT2D eigenvalue weighted by atomic mass is 9.83. The van der Waals surface area contributed by atoms with Crippen LogP contribution in [0.25, 0.3) is 22.3 Å². The number of anilines is 2. The van der Waals surface area contributed by atoms with Crippen LogP contribution in [0.2, 0.25) is 0 Å². The van der Waals surface area contributed by atoms with E-state index in [0.717, 1.165) is 22.5 Å². The van der Waals surface area contributed by atoms with Gasteiger partial charge in [-0.05, 0) is 110 Å². The summed E-state index contributed by atoms with van der Waals surface area (Å²) in [6, 6.07) is 15.3. The molecule has 1 N–H and O–H groups in total. The zero-order chi connectivity index (χ0) is 25.1. The summed E-state index contributed by atoms with van der Waals surface area (Å²) in [7, 11) is 1.78. The average Bonchev–Trinajstić information content (AvgIpc) is 3.40. The van der Waals surface area contributed by atoms with Gasteiger partial charge < -0.3 is 19.7 Å². The van der Waals surface area contributed by atoms with Crippen LogP contribution in [0.15, 0.2) is 42.5 Å². The van der Waals surface area contributed by atoms with Crippen molar-refractivity contribution in [3.63, 3.8) is 0 Å². The third-order valence-corrected chi connectivity index (χ3v) is 7.54. The molecule has 0 unspecified atom stereocenters. The largest absolute Gasteiger partial charge is 0.383 e. The summed E-state index contributed by atoms with van der Waals surface area (Å²) in [5, 5.41) is 3.47. The standard InChI is InChI=1S/C30H34N2O3/c1-17(2)31-24-11-8-22(9-12-24)27-18(3)20(5)28(21(6)19(27)4)23-10-13-26-25(16-23)30(29(33)32(26)7)34-14-15-35-30/h8-13,16-17,31H,14-15H2,1-7H3. The molecule has 3 aromatic rings. The maximum atomic E-state index is 13.0. The zero-order valence-electron chi connectivity index (χ0n) is 21.7. The predicted octanol–water partition coefficient (Wildman–Crippen LogP) is 6.25. The smallest absolute Gasteiger partial charge is 0.292 e. The second-order valence-electron chi connectivity index (χ2n) is 10.0. The molecule has 1 fully saturated rings. The molecular weight excluding hydrogens is 436 g/mol. The monoisotopic (exact) mass is 470 g/mol. The van der Waals surface area contributed by atoms with E-state index in [2.05, 4.69) is 83.3 Å². The first-order valence-electron chi connectivity index (χ1n) is 12.3. The number of hydrogen-bond acceptors (Lipinski definition) is 4. The molecule has 0 saturated carbocycles. The van der Waals surface area contributed by atoms with Crippen LogP contribution in [0.5, 0.6) is 0 Å². The number of likely N-dealkylation sites (N-methyl/N-ethyl adjacent to an activating group) is 1. The minimum atomic E-state index is -1.31. The molecule has 5 rings (SSSR count). The molecule has 5 heteroatoms. The number of nitrogens with one attached hydrogen (secondary N) is 1. The molecule has 182 valence electrons. The number of carbonyl (C=O) groups excluding carboxylic acids is 1. The first-order valence-corrected chi connectivity index (χ1v) is 12.3. The van der Waals surface area contributed by atoms with Gasteiger partial charge in [-0.1, -0.05) is 18.2 Å². The molecule has 0 bridgehead atoms. The van der Waals surface area contributed by atoms with Gasteiger partial charge in [0.2, 0.25) is 0 Å². The van der Waals surface area contributed by atoms with Gasteiger partial charge in [0.05, 0.1) is 18.9 Å². The maximum Gasteiger partial charge on any atom is 0.292 e. The van der Waals surface area contributed by atoms with Crippen LogP contribution in [0.3, 0.4) is 0 Å².